The zero-order valence-electron chi connectivity index (χ0n) is 35.3. The highest BCUT2D eigenvalue weighted by Crippen LogP contribution is 2.60. The van der Waals surface area contributed by atoms with Crippen LogP contribution >= 0.6 is 15.9 Å². The number of hydrogen-bond donors (Lipinski definition) is 6. The zero-order chi connectivity index (χ0) is 44.8. The van der Waals surface area contributed by atoms with Gasteiger partial charge >= 0.3 is 0 Å². The summed E-state index contributed by atoms with van der Waals surface area (Å²) >= 11 is 3.68. The number of ether oxygens (including phenoxy) is 3. The molecular formula is C46H52BrN5O10Si. The fourth-order valence-electron chi connectivity index (χ4n) is 9.83. The van der Waals surface area contributed by atoms with Crippen molar-refractivity contribution in [2.75, 3.05) is 23.9 Å². The van der Waals surface area contributed by atoms with Crippen LogP contribution in [0.1, 0.15) is 41.6 Å². The average Bonchev–Trinajstić information content (AvgIpc) is 3.94. The molecule has 0 saturated carbocycles. The van der Waals surface area contributed by atoms with Crippen LogP contribution in [0.25, 0.3) is 0 Å². The lowest BCUT2D eigenvalue weighted by Crippen LogP contribution is -2.60. The number of rotatable bonds is 13. The topological polar surface area (TPSA) is 209 Å². The normalized spacial score (nSPS) is 27.4. The summed E-state index contributed by atoms with van der Waals surface area (Å²) in [5.41, 5.74) is 2.66. The summed E-state index contributed by atoms with van der Waals surface area (Å²) in [6.07, 6.45) is -6.86. The SMILES string of the molecule is COc1ccc([Si](C)(C)[C@@H]2[C@@H](CCn3cc(C(CO)c4ccccc4)nn3)O[C@]3(C(=O)N(Cc4cccc(NC(=O)[C@H]5O[C@@H](O)[C@H](O)[C@@H](O)[C@@H]5O)c4)c4ccc(Br)cc43)[C@H]2C)cc1. The first-order valence-electron chi connectivity index (χ1n) is 21.0. The molecule has 332 valence electrons. The van der Waals surface area contributed by atoms with E-state index in [1.165, 1.54) is 5.19 Å². The van der Waals surface area contributed by atoms with Gasteiger partial charge in [0.15, 0.2) is 18.0 Å². The van der Waals surface area contributed by atoms with Crippen LogP contribution in [0.4, 0.5) is 11.4 Å². The minimum absolute atomic E-state index is 0.0480. The molecule has 4 heterocycles. The number of hydrogen-bond acceptors (Lipinski definition) is 12. The van der Waals surface area contributed by atoms with Crippen molar-refractivity contribution in [2.24, 2.45) is 5.92 Å². The van der Waals surface area contributed by atoms with E-state index in [2.05, 4.69) is 63.7 Å². The van der Waals surface area contributed by atoms with Crippen LogP contribution in [-0.4, -0.2) is 111 Å². The minimum atomic E-state index is -2.47. The molecule has 3 aliphatic heterocycles. The monoisotopic (exact) mass is 941 g/mol. The molecule has 2 amide bonds. The number of aliphatic hydroxyl groups excluding tert-OH is 5. The van der Waals surface area contributed by atoms with Gasteiger partial charge in [0.05, 0.1) is 51.7 Å². The van der Waals surface area contributed by atoms with Crippen molar-refractivity contribution in [1.82, 2.24) is 15.0 Å². The summed E-state index contributed by atoms with van der Waals surface area (Å²) < 4.78 is 20.5. The maximum Gasteiger partial charge on any atom is 0.264 e. The molecule has 8 rings (SSSR count). The molecule has 63 heavy (non-hydrogen) atoms. The van der Waals surface area contributed by atoms with E-state index in [4.69, 9.17) is 14.2 Å². The van der Waals surface area contributed by atoms with Gasteiger partial charge in [0, 0.05) is 34.4 Å². The third kappa shape index (κ3) is 8.26. The Morgan fingerprint density at radius 3 is 2.43 bits per heavy atom. The van der Waals surface area contributed by atoms with Crippen LogP contribution < -0.4 is 20.1 Å². The lowest BCUT2D eigenvalue weighted by atomic mass is 9.82. The molecule has 0 aliphatic carbocycles. The van der Waals surface area contributed by atoms with Crippen LogP contribution in [0.15, 0.2) is 108 Å². The Balaban J connectivity index is 1.10. The predicted molar refractivity (Wildman–Crippen MR) is 239 cm³/mol. The molecule has 1 spiro atoms. The van der Waals surface area contributed by atoms with Gasteiger partial charge < -0.3 is 50.0 Å². The fraction of sp³-hybridized carbons (Fsp3) is 0.391. The van der Waals surface area contributed by atoms with Crippen LogP contribution in [0.3, 0.4) is 0 Å². The van der Waals surface area contributed by atoms with E-state index in [-0.39, 0.29) is 42.5 Å². The average molecular weight is 943 g/mol. The van der Waals surface area contributed by atoms with Gasteiger partial charge in [-0.1, -0.05) is 101 Å². The van der Waals surface area contributed by atoms with E-state index in [1.54, 1.807) is 34.9 Å². The molecule has 3 aliphatic rings. The lowest BCUT2D eigenvalue weighted by molar-refractivity contribution is -0.274. The van der Waals surface area contributed by atoms with Crippen LogP contribution in [0.5, 0.6) is 5.75 Å². The number of benzene rings is 4. The second kappa shape index (κ2) is 18.0. The van der Waals surface area contributed by atoms with E-state index < -0.39 is 50.3 Å². The number of halogens is 1. The summed E-state index contributed by atoms with van der Waals surface area (Å²) in [6, 6.07) is 30.6. The van der Waals surface area contributed by atoms with Crippen molar-refractivity contribution in [3.8, 4) is 5.75 Å². The molecule has 0 bridgehead atoms. The fourth-order valence-corrected chi connectivity index (χ4v) is 14.3. The molecule has 10 atom stereocenters. The molecule has 1 aromatic heterocycles. The van der Waals surface area contributed by atoms with Gasteiger partial charge in [0.25, 0.3) is 11.8 Å². The number of aliphatic hydroxyl groups is 5. The lowest BCUT2D eigenvalue weighted by Gasteiger charge is -2.37. The molecule has 5 aromatic rings. The number of amides is 2. The molecule has 17 heteroatoms. The standard InChI is InChI=1S/C46H52BrN5O10Si/c1-26-42(63(3,4)32-16-14-31(60-2)15-17-32)37(19-20-51-24-35(49-50-51)33(25-53)28-10-6-5-7-11-28)62-46(26)34-22-29(47)13-18-36(34)52(45(46)59)23-27-9-8-12-30(21-27)48-43(57)41-39(55)38(54)40(56)44(58)61-41/h5-18,21-22,24,26,33,37-42,44,53-56,58H,19-20,23,25H2,1-4H3,(H,48,57)/t26-,33?,37+,38-,39-,40+,41-,42-,44+,46+/m0/s1. The van der Waals surface area contributed by atoms with Crippen molar-refractivity contribution < 1.29 is 49.3 Å². The second-order valence-corrected chi connectivity index (χ2v) is 22.8. The highest BCUT2D eigenvalue weighted by molar-refractivity contribution is 9.10. The Morgan fingerprint density at radius 2 is 1.71 bits per heavy atom. The number of carbonyl (C=O) groups excluding carboxylic acids is 2. The molecular weight excluding hydrogens is 891 g/mol. The molecule has 1 unspecified atom stereocenters. The highest BCUT2D eigenvalue weighted by atomic mass is 79.9. The summed E-state index contributed by atoms with van der Waals surface area (Å²) in [5, 5.41) is 63.6. The van der Waals surface area contributed by atoms with Crippen LogP contribution in [0.2, 0.25) is 18.6 Å². The van der Waals surface area contributed by atoms with Crippen molar-refractivity contribution >= 4 is 52.4 Å². The van der Waals surface area contributed by atoms with E-state index >= 15 is 4.79 Å². The number of methoxy groups -OCH3 is 1. The Hall–Kier alpha value is -4.82. The Morgan fingerprint density at radius 1 is 0.968 bits per heavy atom. The second-order valence-electron chi connectivity index (χ2n) is 17.2. The first-order chi connectivity index (χ1) is 30.2. The first-order valence-corrected chi connectivity index (χ1v) is 24.8. The summed E-state index contributed by atoms with van der Waals surface area (Å²) in [5.74, 6) is -0.895. The molecule has 4 aromatic carbocycles. The van der Waals surface area contributed by atoms with Crippen LogP contribution in [0, 0.1) is 5.92 Å². The van der Waals surface area contributed by atoms with E-state index in [0.29, 0.717) is 35.6 Å². The van der Waals surface area contributed by atoms with E-state index in [9.17, 15) is 30.3 Å². The third-order valence-corrected chi connectivity index (χ3v) is 18.0. The first kappa shape index (κ1) is 44.8. The van der Waals surface area contributed by atoms with Gasteiger partial charge in [0.2, 0.25) is 0 Å². The number of fused-ring (bicyclic) bond motifs is 2. The van der Waals surface area contributed by atoms with Crippen molar-refractivity contribution in [1.29, 1.82) is 0 Å². The molecule has 0 radical (unpaired) electrons. The van der Waals surface area contributed by atoms with Gasteiger partial charge in [-0.3, -0.25) is 14.3 Å². The van der Waals surface area contributed by atoms with Crippen LogP contribution in [-0.2, 0) is 37.8 Å². The van der Waals surface area contributed by atoms with Gasteiger partial charge in [0.1, 0.15) is 24.1 Å². The van der Waals surface area contributed by atoms with Crippen molar-refractivity contribution in [3.05, 3.63) is 130 Å². The predicted octanol–water partition coefficient (Wildman–Crippen LogP) is 3.76. The van der Waals surface area contributed by atoms with E-state index in [1.807, 2.05) is 72.9 Å². The Bertz CT molecular complexity index is 2440. The largest absolute Gasteiger partial charge is 0.497 e. The number of aromatic nitrogens is 3. The summed E-state index contributed by atoms with van der Waals surface area (Å²) in [7, 11) is -0.830. The van der Waals surface area contributed by atoms with Gasteiger partial charge in [-0.15, -0.1) is 5.10 Å². The van der Waals surface area contributed by atoms with Crippen molar-refractivity contribution in [3.63, 3.8) is 0 Å². The quantitative estimate of drug-likeness (QED) is 0.0934. The van der Waals surface area contributed by atoms with Gasteiger partial charge in [-0.2, -0.15) is 0 Å². The number of nitrogens with zero attached hydrogens (tertiary/aromatic N) is 4. The van der Waals surface area contributed by atoms with Crippen molar-refractivity contribution in [2.45, 2.75) is 93.4 Å². The summed E-state index contributed by atoms with van der Waals surface area (Å²) in [4.78, 5) is 30.3. The van der Waals surface area contributed by atoms with Gasteiger partial charge in [-0.25, -0.2) is 0 Å². The maximum absolute atomic E-state index is 15.4. The smallest absolute Gasteiger partial charge is 0.264 e. The Kier molecular flexibility index (Phi) is 12.8. The molecule has 2 fully saturated rings. The summed E-state index contributed by atoms with van der Waals surface area (Å²) in [6.45, 7) is 7.24. The number of nitrogens with one attached hydrogen (secondary N) is 1. The molecule has 2 saturated heterocycles. The third-order valence-electron chi connectivity index (χ3n) is 13.1. The van der Waals surface area contributed by atoms with E-state index in [0.717, 1.165) is 21.3 Å². The number of anilines is 2. The maximum atomic E-state index is 15.4. The number of carbonyl (C=O) groups is 2. The number of aryl methyl sites for hydroxylation is 1. The van der Waals surface area contributed by atoms with Gasteiger partial charge in [-0.05, 0) is 65.6 Å². The molecule has 15 nitrogen and oxygen atoms in total. The zero-order valence-corrected chi connectivity index (χ0v) is 37.9. The minimum Gasteiger partial charge on any atom is -0.497 e. The highest BCUT2D eigenvalue weighted by Gasteiger charge is 2.66. The Labute approximate surface area is 374 Å². The molecule has 6 N–H and O–H groups in total.